The highest BCUT2D eigenvalue weighted by Gasteiger charge is 2.20. The normalized spacial score (nSPS) is 10.7. The van der Waals surface area contributed by atoms with Crippen molar-refractivity contribution in [3.63, 3.8) is 0 Å². The number of aromatic nitrogens is 2. The molecule has 0 aliphatic heterocycles. The molecular formula is C17H15BrN2O3. The Bertz CT molecular complexity index is 859. The van der Waals surface area contributed by atoms with Crippen molar-refractivity contribution < 1.29 is 14.3 Å². The smallest absolute Gasteiger partial charge is 0.356 e. The Kier molecular flexibility index (Phi) is 4.34. The molecule has 2 aromatic heterocycles. The molecule has 5 nitrogen and oxygen atoms in total. The van der Waals surface area contributed by atoms with E-state index in [1.165, 1.54) is 7.11 Å². The summed E-state index contributed by atoms with van der Waals surface area (Å²) in [6.45, 7) is 2.19. The summed E-state index contributed by atoms with van der Waals surface area (Å²) in [5, 5.41) is 0. The number of halogens is 1. The van der Waals surface area contributed by atoms with Gasteiger partial charge in [-0.3, -0.25) is 4.40 Å². The van der Waals surface area contributed by atoms with Crippen LogP contribution < -0.4 is 4.74 Å². The van der Waals surface area contributed by atoms with Crippen molar-refractivity contribution in [2.75, 3.05) is 7.11 Å². The van der Waals surface area contributed by atoms with E-state index in [0.29, 0.717) is 29.4 Å². The number of esters is 1. The maximum absolute atomic E-state index is 12.0. The second kappa shape index (κ2) is 6.42. The maximum atomic E-state index is 12.0. The Labute approximate surface area is 142 Å². The van der Waals surface area contributed by atoms with Gasteiger partial charge in [-0.1, -0.05) is 30.3 Å². The van der Waals surface area contributed by atoms with Crippen molar-refractivity contribution in [1.29, 1.82) is 0 Å². The van der Waals surface area contributed by atoms with E-state index in [2.05, 4.69) is 20.9 Å². The topological polar surface area (TPSA) is 52.8 Å². The first-order chi connectivity index (χ1) is 11.1. The number of imidazole rings is 1. The van der Waals surface area contributed by atoms with Gasteiger partial charge in [0.05, 0.1) is 12.8 Å². The average molecular weight is 375 g/mol. The van der Waals surface area contributed by atoms with Crippen molar-refractivity contribution >= 4 is 27.5 Å². The van der Waals surface area contributed by atoms with Gasteiger partial charge in [-0.25, -0.2) is 9.78 Å². The predicted octanol–water partition coefficient (Wildman–Crippen LogP) is 3.77. The number of rotatable bonds is 4. The van der Waals surface area contributed by atoms with Crippen LogP contribution in [0, 0.1) is 6.92 Å². The largest absolute Gasteiger partial charge is 0.485 e. The molecule has 6 heteroatoms. The zero-order valence-electron chi connectivity index (χ0n) is 12.7. The number of ether oxygens (including phenoxy) is 2. The molecule has 0 saturated carbocycles. The number of pyridine rings is 1. The zero-order valence-corrected chi connectivity index (χ0v) is 14.3. The zero-order chi connectivity index (χ0) is 16.4. The molecule has 0 radical (unpaired) electrons. The Morgan fingerprint density at radius 1 is 1.30 bits per heavy atom. The highest BCUT2D eigenvalue weighted by Crippen LogP contribution is 2.27. The summed E-state index contributed by atoms with van der Waals surface area (Å²) >= 11 is 3.44. The number of carbonyl (C=O) groups is 1. The first-order valence-electron chi connectivity index (χ1n) is 7.03. The van der Waals surface area contributed by atoms with Gasteiger partial charge in [0.25, 0.3) is 0 Å². The molecule has 0 spiro atoms. The van der Waals surface area contributed by atoms with Crippen molar-refractivity contribution in [3.05, 3.63) is 64.0 Å². The van der Waals surface area contributed by atoms with Gasteiger partial charge in [0.1, 0.15) is 6.61 Å². The maximum Gasteiger partial charge on any atom is 0.356 e. The first kappa shape index (κ1) is 15.6. The van der Waals surface area contributed by atoms with Gasteiger partial charge in [-0.05, 0) is 34.5 Å². The highest BCUT2D eigenvalue weighted by atomic mass is 79.9. The predicted molar refractivity (Wildman–Crippen MR) is 89.7 cm³/mol. The quantitative estimate of drug-likeness (QED) is 0.652. The highest BCUT2D eigenvalue weighted by molar-refractivity contribution is 9.10. The minimum atomic E-state index is -0.429. The minimum Gasteiger partial charge on any atom is -0.485 e. The fourth-order valence-corrected chi connectivity index (χ4v) is 2.79. The summed E-state index contributed by atoms with van der Waals surface area (Å²) < 4.78 is 13.2. The van der Waals surface area contributed by atoms with E-state index in [1.807, 2.05) is 36.4 Å². The van der Waals surface area contributed by atoms with Crippen LogP contribution in [0.2, 0.25) is 0 Å². The van der Waals surface area contributed by atoms with Crippen LogP contribution in [-0.4, -0.2) is 22.5 Å². The van der Waals surface area contributed by atoms with Crippen LogP contribution in [0.5, 0.6) is 5.75 Å². The number of fused-ring (bicyclic) bond motifs is 1. The molecule has 0 unspecified atom stereocenters. The van der Waals surface area contributed by atoms with Crippen molar-refractivity contribution in [2.45, 2.75) is 13.5 Å². The van der Waals surface area contributed by atoms with Gasteiger partial charge in [-0.2, -0.15) is 0 Å². The van der Waals surface area contributed by atoms with E-state index in [-0.39, 0.29) is 0 Å². The lowest BCUT2D eigenvalue weighted by atomic mass is 10.2. The molecule has 23 heavy (non-hydrogen) atoms. The van der Waals surface area contributed by atoms with E-state index in [1.54, 1.807) is 17.5 Å². The lowest BCUT2D eigenvalue weighted by molar-refractivity contribution is 0.0592. The van der Waals surface area contributed by atoms with E-state index in [0.717, 1.165) is 10.0 Å². The van der Waals surface area contributed by atoms with E-state index in [4.69, 9.17) is 9.47 Å². The molecule has 0 N–H and O–H groups in total. The number of aryl methyl sites for hydroxylation is 1. The van der Waals surface area contributed by atoms with Crippen LogP contribution in [-0.2, 0) is 11.3 Å². The first-order valence-corrected chi connectivity index (χ1v) is 7.82. The summed E-state index contributed by atoms with van der Waals surface area (Å²) in [7, 11) is 1.35. The molecule has 0 aliphatic rings. The van der Waals surface area contributed by atoms with Crippen molar-refractivity contribution in [1.82, 2.24) is 9.38 Å². The molecular weight excluding hydrogens is 360 g/mol. The second-order valence-electron chi connectivity index (χ2n) is 5.03. The van der Waals surface area contributed by atoms with Crippen LogP contribution in [0.4, 0.5) is 0 Å². The SMILES string of the molecule is COC(=O)c1c(C)nc2c(OCc3ccccc3)cc(Br)cn12. The molecule has 2 heterocycles. The van der Waals surface area contributed by atoms with Crippen LogP contribution in [0.3, 0.4) is 0 Å². The fraction of sp³-hybridized carbons (Fsp3) is 0.176. The van der Waals surface area contributed by atoms with Gasteiger partial charge in [-0.15, -0.1) is 0 Å². The molecule has 3 aromatic rings. The number of hydrogen-bond donors (Lipinski definition) is 0. The van der Waals surface area contributed by atoms with E-state index in [9.17, 15) is 4.79 Å². The second-order valence-corrected chi connectivity index (χ2v) is 5.94. The lowest BCUT2D eigenvalue weighted by Crippen LogP contribution is -2.07. The molecule has 3 rings (SSSR count). The minimum absolute atomic E-state index is 0.397. The number of carbonyl (C=O) groups excluding carboxylic acids is 1. The summed E-state index contributed by atoms with van der Waals surface area (Å²) in [5.74, 6) is 0.170. The Morgan fingerprint density at radius 2 is 2.04 bits per heavy atom. The number of nitrogens with zero attached hydrogens (tertiary/aromatic N) is 2. The third kappa shape index (κ3) is 3.07. The molecule has 0 aliphatic carbocycles. The third-order valence-corrected chi connectivity index (χ3v) is 3.88. The molecule has 0 fully saturated rings. The standard InChI is InChI=1S/C17H15BrN2O3/c1-11-15(17(21)22-2)20-9-13(18)8-14(16(20)19-11)23-10-12-6-4-3-5-7-12/h3-9H,10H2,1-2H3. The summed E-state index contributed by atoms with van der Waals surface area (Å²) in [6.07, 6.45) is 1.77. The Morgan fingerprint density at radius 3 is 2.74 bits per heavy atom. The monoisotopic (exact) mass is 374 g/mol. The molecule has 0 amide bonds. The average Bonchev–Trinajstić information content (AvgIpc) is 2.89. The van der Waals surface area contributed by atoms with Crippen LogP contribution in [0.15, 0.2) is 47.1 Å². The van der Waals surface area contributed by atoms with Gasteiger partial charge in [0, 0.05) is 10.7 Å². The Hall–Kier alpha value is -2.34. The number of methoxy groups -OCH3 is 1. The summed E-state index contributed by atoms with van der Waals surface area (Å²) in [4.78, 5) is 16.4. The van der Waals surface area contributed by atoms with Gasteiger partial charge >= 0.3 is 5.97 Å². The molecule has 118 valence electrons. The van der Waals surface area contributed by atoms with Gasteiger partial charge in [0.2, 0.25) is 0 Å². The third-order valence-electron chi connectivity index (χ3n) is 3.44. The van der Waals surface area contributed by atoms with Crippen LogP contribution in [0.25, 0.3) is 5.65 Å². The molecule has 0 saturated heterocycles. The van der Waals surface area contributed by atoms with E-state index < -0.39 is 5.97 Å². The van der Waals surface area contributed by atoms with E-state index >= 15 is 0 Å². The van der Waals surface area contributed by atoms with Crippen molar-refractivity contribution in [2.24, 2.45) is 0 Å². The molecule has 0 atom stereocenters. The lowest BCUT2D eigenvalue weighted by Gasteiger charge is -2.09. The fourth-order valence-electron chi connectivity index (χ4n) is 2.38. The number of hydrogen-bond acceptors (Lipinski definition) is 4. The van der Waals surface area contributed by atoms with Crippen LogP contribution >= 0.6 is 15.9 Å². The number of benzene rings is 1. The van der Waals surface area contributed by atoms with Gasteiger partial charge in [0.15, 0.2) is 17.1 Å². The summed E-state index contributed by atoms with van der Waals surface area (Å²) in [5.41, 5.74) is 2.64. The van der Waals surface area contributed by atoms with Gasteiger partial charge < -0.3 is 9.47 Å². The molecule has 0 bridgehead atoms. The van der Waals surface area contributed by atoms with Crippen molar-refractivity contribution in [3.8, 4) is 5.75 Å². The van der Waals surface area contributed by atoms with Crippen LogP contribution in [0.1, 0.15) is 21.7 Å². The Balaban J connectivity index is 2.02. The summed E-state index contributed by atoms with van der Waals surface area (Å²) in [6, 6.07) is 11.7. The molecule has 1 aromatic carbocycles.